The number of nitrogen functional groups attached to an aromatic ring is 1. The van der Waals surface area contributed by atoms with Crippen molar-refractivity contribution in [2.75, 3.05) is 5.73 Å². The van der Waals surface area contributed by atoms with E-state index in [0.29, 0.717) is 22.8 Å². The maximum Gasteiger partial charge on any atom is 0.168 e. The molecule has 0 aliphatic heterocycles. The van der Waals surface area contributed by atoms with E-state index >= 15 is 0 Å². The van der Waals surface area contributed by atoms with Crippen molar-refractivity contribution in [3.8, 4) is 23.1 Å². The molecule has 4 aromatic rings. The van der Waals surface area contributed by atoms with E-state index in [1.165, 1.54) is 0 Å². The summed E-state index contributed by atoms with van der Waals surface area (Å²) in [5.41, 5.74) is 8.01. The summed E-state index contributed by atoms with van der Waals surface area (Å²) in [6.07, 6.45) is 1.66. The van der Waals surface area contributed by atoms with Gasteiger partial charge in [0, 0.05) is 28.8 Å². The molecule has 0 bridgehead atoms. The van der Waals surface area contributed by atoms with E-state index in [9.17, 15) is 5.11 Å². The van der Waals surface area contributed by atoms with Gasteiger partial charge in [-0.25, -0.2) is 9.97 Å². The second-order valence-corrected chi connectivity index (χ2v) is 6.69. The van der Waals surface area contributed by atoms with Crippen molar-refractivity contribution in [1.29, 1.82) is 0 Å². The average Bonchev–Trinajstić information content (AvgIpc) is 3.14. The summed E-state index contributed by atoms with van der Waals surface area (Å²) < 4.78 is 5.02. The Bertz CT molecular complexity index is 1230. The highest BCUT2D eigenvalue weighted by Crippen LogP contribution is 2.24. The van der Waals surface area contributed by atoms with Crippen LogP contribution in [0.2, 0.25) is 0 Å². The average molecular weight is 370 g/mol. The van der Waals surface area contributed by atoms with Gasteiger partial charge < -0.3 is 15.4 Å². The van der Waals surface area contributed by atoms with Crippen LogP contribution in [0.1, 0.15) is 23.9 Å². The highest BCUT2D eigenvalue weighted by molar-refractivity contribution is 5.88. The molecule has 1 atom stereocenters. The van der Waals surface area contributed by atoms with Crippen LogP contribution < -0.4 is 5.73 Å². The number of benzene rings is 1. The summed E-state index contributed by atoms with van der Waals surface area (Å²) in [5, 5.41) is 15.3. The molecule has 6 nitrogen and oxygen atoms in total. The van der Waals surface area contributed by atoms with Crippen LogP contribution in [0.3, 0.4) is 0 Å². The molecule has 0 aliphatic carbocycles. The number of nitrogens with zero attached hydrogens (tertiary/aromatic N) is 3. The highest BCUT2D eigenvalue weighted by atomic mass is 16.5. The lowest BCUT2D eigenvalue weighted by Crippen LogP contribution is -2.18. The first-order valence-corrected chi connectivity index (χ1v) is 8.73. The molecule has 0 amide bonds. The number of aryl methyl sites for hydroxylation is 1. The number of hydrogen-bond acceptors (Lipinski definition) is 6. The third-order valence-electron chi connectivity index (χ3n) is 4.37. The van der Waals surface area contributed by atoms with E-state index in [1.54, 1.807) is 26.1 Å². The number of fused-ring (bicyclic) bond motifs is 1. The van der Waals surface area contributed by atoms with E-state index < -0.39 is 5.60 Å². The highest BCUT2D eigenvalue weighted by Gasteiger charge is 2.24. The summed E-state index contributed by atoms with van der Waals surface area (Å²) in [7, 11) is 0. The summed E-state index contributed by atoms with van der Waals surface area (Å²) in [6.45, 7) is 3.35. The van der Waals surface area contributed by atoms with Crippen LogP contribution in [0.25, 0.3) is 22.2 Å². The Labute approximate surface area is 162 Å². The molecule has 0 saturated heterocycles. The predicted molar refractivity (Wildman–Crippen MR) is 107 cm³/mol. The van der Waals surface area contributed by atoms with Crippen molar-refractivity contribution in [1.82, 2.24) is 15.1 Å². The van der Waals surface area contributed by atoms with Gasteiger partial charge in [0.1, 0.15) is 22.8 Å². The van der Waals surface area contributed by atoms with Crippen LogP contribution in [0.4, 0.5) is 5.82 Å². The lowest BCUT2D eigenvalue weighted by Gasteiger charge is -2.11. The SMILES string of the molecule is Cc1cc(C(C)(O)C#Cc2cccc(-c3ccc4ccnc(N)c4n3)c2)no1. The molecule has 0 fully saturated rings. The maximum absolute atomic E-state index is 10.6. The molecule has 28 heavy (non-hydrogen) atoms. The molecule has 0 aliphatic rings. The van der Waals surface area contributed by atoms with Gasteiger partial charge in [-0.2, -0.15) is 0 Å². The first kappa shape index (κ1) is 17.7. The number of hydrogen-bond donors (Lipinski definition) is 2. The Hall–Kier alpha value is -3.69. The predicted octanol–water partition coefficient (Wildman–Crippen LogP) is 3.43. The first-order valence-electron chi connectivity index (χ1n) is 8.73. The number of rotatable bonds is 2. The normalized spacial score (nSPS) is 13.0. The summed E-state index contributed by atoms with van der Waals surface area (Å²) in [5.74, 6) is 6.88. The molecule has 1 aromatic carbocycles. The Morgan fingerprint density at radius 1 is 1.14 bits per heavy atom. The molecule has 4 rings (SSSR count). The minimum Gasteiger partial charge on any atom is -0.382 e. The van der Waals surface area contributed by atoms with Crippen LogP contribution in [0.5, 0.6) is 0 Å². The Balaban J connectivity index is 1.69. The van der Waals surface area contributed by atoms with Gasteiger partial charge in [0.25, 0.3) is 0 Å². The molecular weight excluding hydrogens is 352 g/mol. The second-order valence-electron chi connectivity index (χ2n) is 6.69. The number of aliphatic hydroxyl groups is 1. The van der Waals surface area contributed by atoms with E-state index in [4.69, 9.17) is 10.3 Å². The van der Waals surface area contributed by atoms with E-state index in [1.807, 2.05) is 42.5 Å². The van der Waals surface area contributed by atoms with Crippen molar-refractivity contribution in [2.45, 2.75) is 19.4 Å². The first-order chi connectivity index (χ1) is 13.4. The second kappa shape index (κ2) is 6.80. The van der Waals surface area contributed by atoms with E-state index in [2.05, 4.69) is 27.0 Å². The standard InChI is InChI=1S/C22H18N4O2/c1-14-12-19(26-28-14)22(2,27)10-8-15-4-3-5-17(13-15)18-7-6-16-9-11-24-21(23)20(16)25-18/h3-7,9,11-13,27H,1-2H3,(H2,23,24). The molecule has 3 heterocycles. The molecule has 6 heteroatoms. The minimum absolute atomic E-state index is 0.382. The zero-order valence-electron chi connectivity index (χ0n) is 15.5. The van der Waals surface area contributed by atoms with Crippen molar-refractivity contribution < 1.29 is 9.63 Å². The summed E-state index contributed by atoms with van der Waals surface area (Å²) in [4.78, 5) is 8.74. The third-order valence-corrected chi connectivity index (χ3v) is 4.37. The smallest absolute Gasteiger partial charge is 0.168 e. The van der Waals surface area contributed by atoms with Crippen LogP contribution in [-0.2, 0) is 5.60 Å². The topological polar surface area (TPSA) is 98.1 Å². The molecule has 0 spiro atoms. The largest absolute Gasteiger partial charge is 0.382 e. The van der Waals surface area contributed by atoms with Crippen molar-refractivity contribution in [2.24, 2.45) is 0 Å². The zero-order chi connectivity index (χ0) is 19.7. The number of aromatic nitrogens is 3. The van der Waals surface area contributed by atoms with Gasteiger partial charge in [0.05, 0.1) is 5.69 Å². The van der Waals surface area contributed by atoms with Crippen LogP contribution in [-0.4, -0.2) is 20.2 Å². The van der Waals surface area contributed by atoms with E-state index in [-0.39, 0.29) is 0 Å². The molecular formula is C22H18N4O2. The molecule has 138 valence electrons. The fraction of sp³-hybridized carbons (Fsp3) is 0.136. The van der Waals surface area contributed by atoms with Gasteiger partial charge in [-0.05, 0) is 38.1 Å². The number of nitrogens with two attached hydrogens (primary N) is 1. The van der Waals surface area contributed by atoms with Gasteiger partial charge in [-0.1, -0.05) is 35.2 Å². The Morgan fingerprint density at radius 3 is 2.79 bits per heavy atom. The van der Waals surface area contributed by atoms with Crippen molar-refractivity contribution in [3.63, 3.8) is 0 Å². The summed E-state index contributed by atoms with van der Waals surface area (Å²) >= 11 is 0. The van der Waals surface area contributed by atoms with Gasteiger partial charge in [0.2, 0.25) is 0 Å². The zero-order valence-corrected chi connectivity index (χ0v) is 15.5. The molecule has 0 saturated carbocycles. The minimum atomic E-state index is -1.41. The van der Waals surface area contributed by atoms with Crippen LogP contribution >= 0.6 is 0 Å². The van der Waals surface area contributed by atoms with Gasteiger partial charge >= 0.3 is 0 Å². The maximum atomic E-state index is 10.6. The van der Waals surface area contributed by atoms with E-state index in [0.717, 1.165) is 22.2 Å². The van der Waals surface area contributed by atoms with Gasteiger partial charge in [-0.15, -0.1) is 0 Å². The monoisotopic (exact) mass is 370 g/mol. The molecule has 3 N–H and O–H groups in total. The van der Waals surface area contributed by atoms with Gasteiger partial charge in [0.15, 0.2) is 5.60 Å². The molecule has 0 radical (unpaired) electrons. The van der Waals surface area contributed by atoms with Gasteiger partial charge in [-0.3, -0.25) is 0 Å². The number of anilines is 1. The lowest BCUT2D eigenvalue weighted by molar-refractivity contribution is 0.112. The van der Waals surface area contributed by atoms with Crippen molar-refractivity contribution >= 4 is 16.7 Å². The summed E-state index contributed by atoms with van der Waals surface area (Å²) in [6, 6.07) is 15.1. The van der Waals surface area contributed by atoms with Crippen LogP contribution in [0, 0.1) is 18.8 Å². The van der Waals surface area contributed by atoms with Crippen molar-refractivity contribution in [3.05, 3.63) is 71.7 Å². The quantitative estimate of drug-likeness (QED) is 0.525. The lowest BCUT2D eigenvalue weighted by atomic mass is 10.0. The number of pyridine rings is 2. The Kier molecular flexibility index (Phi) is 4.30. The third kappa shape index (κ3) is 3.43. The Morgan fingerprint density at radius 2 is 2.00 bits per heavy atom. The fourth-order valence-corrected chi connectivity index (χ4v) is 2.84. The molecule has 3 aromatic heterocycles. The van der Waals surface area contributed by atoms with Crippen LogP contribution in [0.15, 0.2) is 59.3 Å². The fourth-order valence-electron chi connectivity index (χ4n) is 2.84. The molecule has 1 unspecified atom stereocenters.